The number of ether oxygens (including phenoxy) is 2. The smallest absolute Gasteiger partial charge is 0.319 e. The largest absolute Gasteiger partial charge is 0.492 e. The van der Waals surface area contributed by atoms with E-state index in [-0.39, 0.29) is 12.1 Å². The van der Waals surface area contributed by atoms with Gasteiger partial charge in [0.05, 0.1) is 18.3 Å². The zero-order valence-electron chi connectivity index (χ0n) is 14.3. The normalized spacial score (nSPS) is 10.3. The molecule has 2 rings (SSSR count). The molecular weight excluding hydrogens is 304 g/mol. The van der Waals surface area contributed by atoms with E-state index in [9.17, 15) is 4.79 Å². The van der Waals surface area contributed by atoms with Crippen LogP contribution in [0.15, 0.2) is 48.5 Å². The van der Waals surface area contributed by atoms with Crippen LogP contribution in [0.25, 0.3) is 0 Å². The highest BCUT2D eigenvalue weighted by molar-refractivity contribution is 5.90. The van der Waals surface area contributed by atoms with Gasteiger partial charge >= 0.3 is 6.03 Å². The van der Waals surface area contributed by atoms with Crippen LogP contribution in [0.2, 0.25) is 0 Å². The summed E-state index contributed by atoms with van der Waals surface area (Å²) in [4.78, 5) is 12.0. The number of amides is 2. The molecule has 2 N–H and O–H groups in total. The number of nitrogens with one attached hydrogen (secondary N) is 2. The van der Waals surface area contributed by atoms with E-state index in [2.05, 4.69) is 10.6 Å². The molecule has 0 unspecified atom stereocenters. The molecule has 2 aromatic rings. The molecule has 128 valence electrons. The van der Waals surface area contributed by atoms with Gasteiger partial charge in [0.1, 0.15) is 18.1 Å². The van der Waals surface area contributed by atoms with Gasteiger partial charge in [0.15, 0.2) is 0 Å². The van der Waals surface area contributed by atoms with Crippen molar-refractivity contribution in [3.63, 3.8) is 0 Å². The number of rotatable bonds is 7. The van der Waals surface area contributed by atoms with Crippen LogP contribution < -0.4 is 20.1 Å². The minimum Gasteiger partial charge on any atom is -0.492 e. The fourth-order valence-electron chi connectivity index (χ4n) is 2.13. The summed E-state index contributed by atoms with van der Waals surface area (Å²) in [6, 6.07) is 14.9. The van der Waals surface area contributed by atoms with Crippen LogP contribution in [-0.2, 0) is 0 Å². The Hall–Kier alpha value is -2.69. The van der Waals surface area contributed by atoms with E-state index in [1.54, 1.807) is 6.07 Å². The Labute approximate surface area is 143 Å². The van der Waals surface area contributed by atoms with Gasteiger partial charge in [0, 0.05) is 0 Å². The lowest BCUT2D eigenvalue weighted by Gasteiger charge is -2.15. The first-order chi connectivity index (χ1) is 11.5. The molecule has 2 aromatic carbocycles. The van der Waals surface area contributed by atoms with Crippen LogP contribution in [0.1, 0.15) is 19.4 Å². The summed E-state index contributed by atoms with van der Waals surface area (Å²) < 4.78 is 11.3. The van der Waals surface area contributed by atoms with Crippen molar-refractivity contribution in [2.24, 2.45) is 0 Å². The van der Waals surface area contributed by atoms with Crippen molar-refractivity contribution in [3.8, 4) is 11.5 Å². The molecule has 0 heterocycles. The number of para-hydroxylation sites is 2. The number of aryl methyl sites for hydroxylation is 1. The quantitative estimate of drug-likeness (QED) is 0.756. The molecule has 0 atom stereocenters. The van der Waals surface area contributed by atoms with Gasteiger partial charge in [0.2, 0.25) is 0 Å². The summed E-state index contributed by atoms with van der Waals surface area (Å²) in [5, 5.41) is 5.56. The molecule has 0 radical (unpaired) electrons. The lowest BCUT2D eigenvalue weighted by Crippen LogP contribution is -2.32. The van der Waals surface area contributed by atoms with Crippen molar-refractivity contribution in [2.75, 3.05) is 18.5 Å². The molecule has 0 spiro atoms. The molecule has 5 heteroatoms. The van der Waals surface area contributed by atoms with Gasteiger partial charge in [0.25, 0.3) is 0 Å². The minimum atomic E-state index is -0.289. The minimum absolute atomic E-state index is 0.0405. The third-order valence-electron chi connectivity index (χ3n) is 3.14. The number of carbonyl (C=O) groups is 1. The van der Waals surface area contributed by atoms with Crippen LogP contribution in [-0.4, -0.2) is 25.3 Å². The van der Waals surface area contributed by atoms with Gasteiger partial charge < -0.3 is 20.1 Å². The Balaban J connectivity index is 1.77. The Morgan fingerprint density at radius 2 is 1.92 bits per heavy atom. The van der Waals surface area contributed by atoms with E-state index in [4.69, 9.17) is 9.47 Å². The van der Waals surface area contributed by atoms with E-state index in [1.807, 2.05) is 63.2 Å². The highest BCUT2D eigenvalue weighted by Gasteiger charge is 2.08. The van der Waals surface area contributed by atoms with Gasteiger partial charge in [-0.05, 0) is 50.6 Å². The van der Waals surface area contributed by atoms with Crippen molar-refractivity contribution in [1.29, 1.82) is 0 Å². The third kappa shape index (κ3) is 5.83. The monoisotopic (exact) mass is 328 g/mol. The van der Waals surface area contributed by atoms with Gasteiger partial charge in [-0.2, -0.15) is 0 Å². The Bertz CT molecular complexity index is 671. The summed E-state index contributed by atoms with van der Waals surface area (Å²) in [5.74, 6) is 1.45. The third-order valence-corrected chi connectivity index (χ3v) is 3.14. The molecule has 0 bridgehead atoms. The second-order valence-electron chi connectivity index (χ2n) is 5.71. The van der Waals surface area contributed by atoms with Crippen LogP contribution in [0.4, 0.5) is 10.5 Å². The number of benzene rings is 2. The van der Waals surface area contributed by atoms with Crippen molar-refractivity contribution in [1.82, 2.24) is 5.32 Å². The summed E-state index contributed by atoms with van der Waals surface area (Å²) in [5.41, 5.74) is 1.78. The van der Waals surface area contributed by atoms with Crippen LogP contribution >= 0.6 is 0 Å². The maximum atomic E-state index is 12.0. The van der Waals surface area contributed by atoms with Crippen molar-refractivity contribution >= 4 is 11.7 Å². The molecule has 5 nitrogen and oxygen atoms in total. The van der Waals surface area contributed by atoms with Crippen molar-refractivity contribution < 1.29 is 14.3 Å². The van der Waals surface area contributed by atoms with Gasteiger partial charge in [-0.1, -0.05) is 24.3 Å². The standard InChI is InChI=1S/C19H24N2O3/c1-14(2)24-18-10-5-4-9-17(18)21-19(22)20-11-12-23-16-8-6-7-15(3)13-16/h4-10,13-14H,11-12H2,1-3H3,(H2,20,21,22). The zero-order valence-corrected chi connectivity index (χ0v) is 14.3. The maximum Gasteiger partial charge on any atom is 0.319 e. The second-order valence-corrected chi connectivity index (χ2v) is 5.71. The van der Waals surface area contributed by atoms with Gasteiger partial charge in [-0.25, -0.2) is 4.79 Å². The molecule has 2 amide bonds. The number of hydrogen-bond acceptors (Lipinski definition) is 3. The van der Waals surface area contributed by atoms with E-state index in [1.165, 1.54) is 0 Å². The topological polar surface area (TPSA) is 59.6 Å². The average Bonchev–Trinajstić information content (AvgIpc) is 2.53. The summed E-state index contributed by atoms with van der Waals surface area (Å²) in [6.07, 6.45) is 0.0405. The lowest BCUT2D eigenvalue weighted by atomic mass is 10.2. The Morgan fingerprint density at radius 1 is 1.12 bits per heavy atom. The van der Waals surface area contributed by atoms with Crippen LogP contribution in [0, 0.1) is 6.92 Å². The molecule has 0 saturated heterocycles. The Kier molecular flexibility index (Phi) is 6.49. The highest BCUT2D eigenvalue weighted by atomic mass is 16.5. The number of anilines is 1. The fraction of sp³-hybridized carbons (Fsp3) is 0.316. The molecule has 0 saturated carbocycles. The van der Waals surface area contributed by atoms with Crippen LogP contribution in [0.5, 0.6) is 11.5 Å². The molecule has 0 aromatic heterocycles. The molecule has 0 aliphatic carbocycles. The number of hydrogen-bond donors (Lipinski definition) is 2. The van der Waals surface area contributed by atoms with E-state index < -0.39 is 0 Å². The van der Waals surface area contributed by atoms with E-state index in [0.29, 0.717) is 24.6 Å². The lowest BCUT2D eigenvalue weighted by molar-refractivity contribution is 0.240. The van der Waals surface area contributed by atoms with E-state index in [0.717, 1.165) is 11.3 Å². The first kappa shape index (κ1) is 17.7. The summed E-state index contributed by atoms with van der Waals surface area (Å²) in [7, 11) is 0. The number of carbonyl (C=O) groups excluding carboxylic acids is 1. The van der Waals surface area contributed by atoms with Crippen molar-refractivity contribution in [2.45, 2.75) is 26.9 Å². The first-order valence-electron chi connectivity index (χ1n) is 8.04. The summed E-state index contributed by atoms with van der Waals surface area (Å²) in [6.45, 7) is 6.71. The number of urea groups is 1. The van der Waals surface area contributed by atoms with Crippen LogP contribution in [0.3, 0.4) is 0 Å². The predicted octanol–water partition coefficient (Wildman–Crippen LogP) is 3.98. The molecule has 0 aliphatic rings. The second kappa shape index (κ2) is 8.82. The highest BCUT2D eigenvalue weighted by Crippen LogP contribution is 2.24. The first-order valence-corrected chi connectivity index (χ1v) is 8.04. The SMILES string of the molecule is Cc1cccc(OCCNC(=O)Nc2ccccc2OC(C)C)c1. The fourth-order valence-corrected chi connectivity index (χ4v) is 2.13. The molecule has 0 aliphatic heterocycles. The average molecular weight is 328 g/mol. The van der Waals surface area contributed by atoms with Gasteiger partial charge in [-0.3, -0.25) is 0 Å². The predicted molar refractivity (Wildman–Crippen MR) is 95.9 cm³/mol. The van der Waals surface area contributed by atoms with Crippen molar-refractivity contribution in [3.05, 3.63) is 54.1 Å². The molecule has 24 heavy (non-hydrogen) atoms. The zero-order chi connectivity index (χ0) is 17.4. The molecular formula is C19H24N2O3. The Morgan fingerprint density at radius 3 is 2.67 bits per heavy atom. The molecule has 0 fully saturated rings. The maximum absolute atomic E-state index is 12.0. The van der Waals surface area contributed by atoms with E-state index >= 15 is 0 Å². The van der Waals surface area contributed by atoms with Gasteiger partial charge in [-0.15, -0.1) is 0 Å². The summed E-state index contributed by atoms with van der Waals surface area (Å²) >= 11 is 0.